The van der Waals surface area contributed by atoms with Crippen LogP contribution in [0.15, 0.2) is 42.5 Å². The van der Waals surface area contributed by atoms with Crippen molar-refractivity contribution in [1.82, 2.24) is 5.32 Å². The summed E-state index contributed by atoms with van der Waals surface area (Å²) in [5, 5.41) is 31.5. The van der Waals surface area contributed by atoms with Crippen molar-refractivity contribution in [2.24, 2.45) is 0 Å². The van der Waals surface area contributed by atoms with Crippen molar-refractivity contribution in [3.8, 4) is 16.9 Å². The van der Waals surface area contributed by atoms with Gasteiger partial charge in [0.2, 0.25) is 5.92 Å². The SMILES string of the molecule is CCOCCC(F)(F)CCCNCC(O)c1ccc(O)c(CO)c1.c1cc2ccc1-2. The van der Waals surface area contributed by atoms with Gasteiger partial charge in [0.15, 0.2) is 0 Å². The van der Waals surface area contributed by atoms with Crippen LogP contribution in [0.1, 0.15) is 43.4 Å². The van der Waals surface area contributed by atoms with E-state index < -0.39 is 12.0 Å². The third-order valence-electron chi connectivity index (χ3n) is 4.93. The zero-order valence-corrected chi connectivity index (χ0v) is 17.3. The van der Waals surface area contributed by atoms with Crippen LogP contribution in [0.4, 0.5) is 8.78 Å². The topological polar surface area (TPSA) is 82.0 Å². The molecule has 0 aliphatic heterocycles. The van der Waals surface area contributed by atoms with E-state index in [1.807, 2.05) is 0 Å². The Morgan fingerprint density at radius 3 is 2.27 bits per heavy atom. The fourth-order valence-electron chi connectivity index (χ4n) is 2.92. The summed E-state index contributed by atoms with van der Waals surface area (Å²) < 4.78 is 32.0. The summed E-state index contributed by atoms with van der Waals surface area (Å²) in [6.45, 7) is 2.52. The Morgan fingerprint density at radius 2 is 1.73 bits per heavy atom. The highest BCUT2D eigenvalue weighted by atomic mass is 19.3. The molecule has 0 aromatic heterocycles. The molecule has 1 aromatic rings. The van der Waals surface area contributed by atoms with Gasteiger partial charge >= 0.3 is 0 Å². The highest BCUT2D eigenvalue weighted by Crippen LogP contribution is 2.29. The molecule has 1 aromatic carbocycles. The quantitative estimate of drug-likeness (QED) is 0.331. The molecular weight excluding hydrogens is 392 g/mol. The standard InChI is InChI=1S/C17H27F2NO4.C6H4/c1-2-24-9-7-17(18,19)6-3-8-20-11-16(23)13-4-5-15(22)14(10-13)12-21;1-2-6-4-3-5(1)6/h4-5,10,16,20-23H,2-3,6-9,11-12H2,1H3;1-4H. The number of ether oxygens (including phenoxy) is 1. The van der Waals surface area contributed by atoms with Gasteiger partial charge in [-0.05, 0) is 48.7 Å². The fraction of sp³-hybridized carbons (Fsp3) is 0.478. The summed E-state index contributed by atoms with van der Waals surface area (Å²) in [5.41, 5.74) is 3.73. The van der Waals surface area contributed by atoms with E-state index in [2.05, 4.69) is 29.6 Å². The summed E-state index contributed by atoms with van der Waals surface area (Å²) in [6.07, 6.45) is -1.05. The first-order valence-electron chi connectivity index (χ1n) is 10.2. The lowest BCUT2D eigenvalue weighted by Crippen LogP contribution is -2.25. The Balaban J connectivity index is 0.000000443. The Bertz CT molecular complexity index is 747. The molecule has 5 nitrogen and oxygen atoms in total. The average molecular weight is 424 g/mol. The van der Waals surface area contributed by atoms with Crippen molar-refractivity contribution in [3.05, 3.63) is 53.6 Å². The number of rotatable bonds is 12. The molecule has 4 N–H and O–H groups in total. The molecule has 2 aliphatic rings. The van der Waals surface area contributed by atoms with Crippen LogP contribution in [0.25, 0.3) is 11.1 Å². The highest BCUT2D eigenvalue weighted by Gasteiger charge is 2.27. The molecule has 0 bridgehead atoms. The number of benzene rings is 2. The second kappa shape index (κ2) is 12.0. The number of aromatic hydroxyl groups is 1. The van der Waals surface area contributed by atoms with Crippen molar-refractivity contribution in [2.75, 3.05) is 26.3 Å². The summed E-state index contributed by atoms with van der Waals surface area (Å²) >= 11 is 0. The van der Waals surface area contributed by atoms with E-state index in [0.29, 0.717) is 30.7 Å². The van der Waals surface area contributed by atoms with Gasteiger partial charge in [0.25, 0.3) is 0 Å². The number of halogens is 2. The molecule has 0 radical (unpaired) electrons. The predicted molar refractivity (Wildman–Crippen MR) is 113 cm³/mol. The molecule has 166 valence electrons. The number of hydrogen-bond donors (Lipinski definition) is 4. The van der Waals surface area contributed by atoms with Gasteiger partial charge in [-0.15, -0.1) is 0 Å². The average Bonchev–Trinajstić information content (AvgIpc) is 2.71. The number of nitrogens with one attached hydrogen (secondary N) is 1. The van der Waals surface area contributed by atoms with E-state index in [1.54, 1.807) is 13.0 Å². The van der Waals surface area contributed by atoms with Gasteiger partial charge in [-0.25, -0.2) is 8.78 Å². The van der Waals surface area contributed by atoms with Crippen LogP contribution in [-0.2, 0) is 11.3 Å². The van der Waals surface area contributed by atoms with Crippen molar-refractivity contribution in [1.29, 1.82) is 0 Å². The summed E-state index contributed by atoms with van der Waals surface area (Å²) in [4.78, 5) is 0. The Kier molecular flexibility index (Phi) is 9.65. The van der Waals surface area contributed by atoms with Crippen LogP contribution in [0.2, 0.25) is 0 Å². The zero-order valence-electron chi connectivity index (χ0n) is 17.3. The van der Waals surface area contributed by atoms with Crippen LogP contribution in [0.5, 0.6) is 5.75 Å². The molecule has 0 saturated heterocycles. The van der Waals surface area contributed by atoms with Crippen LogP contribution in [0.3, 0.4) is 0 Å². The van der Waals surface area contributed by atoms with Gasteiger partial charge in [-0.2, -0.15) is 0 Å². The maximum absolute atomic E-state index is 13.5. The number of phenols is 1. The molecule has 3 rings (SSSR count). The second-order valence-electron chi connectivity index (χ2n) is 7.25. The van der Waals surface area contributed by atoms with Crippen LogP contribution < -0.4 is 5.32 Å². The van der Waals surface area contributed by atoms with Crippen LogP contribution in [-0.4, -0.2) is 47.5 Å². The number of hydrogen-bond acceptors (Lipinski definition) is 5. The van der Waals surface area contributed by atoms with Crippen molar-refractivity contribution in [3.63, 3.8) is 0 Å². The van der Waals surface area contributed by atoms with E-state index in [9.17, 15) is 19.0 Å². The first-order valence-corrected chi connectivity index (χ1v) is 10.2. The van der Waals surface area contributed by atoms with Gasteiger partial charge in [0.1, 0.15) is 5.75 Å². The summed E-state index contributed by atoms with van der Waals surface area (Å²) in [6, 6.07) is 13.0. The van der Waals surface area contributed by atoms with Crippen molar-refractivity contribution >= 4 is 0 Å². The molecule has 0 fully saturated rings. The molecular formula is C23H31F2NO4. The lowest BCUT2D eigenvalue weighted by atomic mass is 9.95. The van der Waals surface area contributed by atoms with Gasteiger partial charge in [-0.3, -0.25) is 0 Å². The molecule has 2 aliphatic carbocycles. The first kappa shape index (κ1) is 24.2. The normalized spacial score (nSPS) is 12.8. The van der Waals surface area contributed by atoms with Crippen molar-refractivity contribution in [2.45, 2.75) is 44.8 Å². The van der Waals surface area contributed by atoms with E-state index in [1.165, 1.54) is 23.3 Å². The minimum absolute atomic E-state index is 0.0318. The van der Waals surface area contributed by atoms with E-state index in [-0.39, 0.29) is 38.3 Å². The fourth-order valence-corrected chi connectivity index (χ4v) is 2.92. The largest absolute Gasteiger partial charge is 0.508 e. The van der Waals surface area contributed by atoms with Gasteiger partial charge < -0.3 is 25.4 Å². The van der Waals surface area contributed by atoms with E-state index in [0.717, 1.165) is 0 Å². The minimum atomic E-state index is -2.73. The monoisotopic (exact) mass is 423 g/mol. The second-order valence-corrected chi connectivity index (χ2v) is 7.25. The highest BCUT2D eigenvalue weighted by molar-refractivity contribution is 5.75. The summed E-state index contributed by atoms with van der Waals surface area (Å²) in [5.74, 6) is -2.77. The van der Waals surface area contributed by atoms with Crippen molar-refractivity contribution < 1.29 is 28.8 Å². The van der Waals surface area contributed by atoms with Gasteiger partial charge in [0.05, 0.1) is 19.3 Å². The lowest BCUT2D eigenvalue weighted by molar-refractivity contribution is -0.0398. The third-order valence-corrected chi connectivity index (χ3v) is 4.93. The van der Waals surface area contributed by atoms with Gasteiger partial charge in [-0.1, -0.05) is 30.3 Å². The number of fused-ring (bicyclic) bond motifs is 1. The van der Waals surface area contributed by atoms with Gasteiger partial charge in [0, 0.05) is 31.6 Å². The number of aliphatic hydroxyl groups is 2. The van der Waals surface area contributed by atoms with Crippen LogP contribution >= 0.6 is 0 Å². The number of alkyl halides is 2. The molecule has 1 atom stereocenters. The minimum Gasteiger partial charge on any atom is -0.508 e. The molecule has 30 heavy (non-hydrogen) atoms. The molecule has 0 heterocycles. The Hall–Kier alpha value is -2.06. The predicted octanol–water partition coefficient (Wildman–Crippen LogP) is 4.02. The molecule has 0 saturated carbocycles. The molecule has 7 heteroatoms. The van der Waals surface area contributed by atoms with Crippen LogP contribution in [0, 0.1) is 0 Å². The molecule has 1 unspecified atom stereocenters. The maximum Gasteiger partial charge on any atom is 0.250 e. The molecule has 0 spiro atoms. The zero-order chi connectivity index (χ0) is 22.0. The van der Waals surface area contributed by atoms with E-state index in [4.69, 9.17) is 9.84 Å². The first-order chi connectivity index (χ1) is 14.4. The smallest absolute Gasteiger partial charge is 0.250 e. The summed E-state index contributed by atoms with van der Waals surface area (Å²) in [7, 11) is 0. The maximum atomic E-state index is 13.5. The lowest BCUT2D eigenvalue weighted by Gasteiger charge is -2.17. The third kappa shape index (κ3) is 7.65. The Morgan fingerprint density at radius 1 is 1.07 bits per heavy atom. The molecule has 0 amide bonds. The van der Waals surface area contributed by atoms with E-state index >= 15 is 0 Å². The number of aliphatic hydroxyl groups excluding tert-OH is 2. The Labute approximate surface area is 176 Å².